The van der Waals surface area contributed by atoms with Gasteiger partial charge in [-0.2, -0.15) is 0 Å². The van der Waals surface area contributed by atoms with Gasteiger partial charge < -0.3 is 14.2 Å². The Labute approximate surface area is 168 Å². The Balaban J connectivity index is 1.34. The number of fused-ring (bicyclic) bond motifs is 1. The van der Waals surface area contributed by atoms with Crippen molar-refractivity contribution in [3.05, 3.63) is 81.4 Å². The molecule has 1 amide bonds. The van der Waals surface area contributed by atoms with Crippen molar-refractivity contribution >= 4 is 32.9 Å². The zero-order valence-corrected chi connectivity index (χ0v) is 16.4. The molecule has 142 valence electrons. The SMILES string of the molecule is O=C(CCn1c(=O)oc2ccccc21)NCc1ccc(-c2ccc(Br)cc2)o1. The van der Waals surface area contributed by atoms with Gasteiger partial charge >= 0.3 is 5.76 Å². The van der Waals surface area contributed by atoms with Crippen LogP contribution in [0.3, 0.4) is 0 Å². The number of nitrogens with one attached hydrogen (secondary N) is 1. The van der Waals surface area contributed by atoms with E-state index in [0.717, 1.165) is 15.8 Å². The molecular formula is C21H17BrN2O4. The number of nitrogens with zero attached hydrogens (tertiary/aromatic N) is 1. The van der Waals surface area contributed by atoms with Crippen LogP contribution < -0.4 is 11.1 Å². The number of oxazole rings is 1. The van der Waals surface area contributed by atoms with Crippen molar-refractivity contribution in [2.24, 2.45) is 0 Å². The van der Waals surface area contributed by atoms with Gasteiger partial charge in [-0.1, -0.05) is 40.2 Å². The minimum Gasteiger partial charge on any atom is -0.459 e. The van der Waals surface area contributed by atoms with Gasteiger partial charge in [-0.25, -0.2) is 4.79 Å². The standard InChI is InChI=1S/C21H17BrN2O4/c22-15-7-5-14(6-8-15)18-10-9-16(27-18)13-23-20(25)11-12-24-17-3-1-2-4-19(17)28-21(24)26/h1-10H,11-13H2,(H,23,25). The van der Waals surface area contributed by atoms with Gasteiger partial charge in [0.15, 0.2) is 5.58 Å². The first-order valence-electron chi connectivity index (χ1n) is 8.80. The smallest absolute Gasteiger partial charge is 0.419 e. The molecule has 4 rings (SSSR count). The van der Waals surface area contributed by atoms with Crippen molar-refractivity contribution in [2.45, 2.75) is 19.5 Å². The van der Waals surface area contributed by atoms with Crippen LogP contribution in [0.1, 0.15) is 12.2 Å². The zero-order valence-electron chi connectivity index (χ0n) is 14.9. The van der Waals surface area contributed by atoms with E-state index in [9.17, 15) is 9.59 Å². The van der Waals surface area contributed by atoms with Crippen LogP contribution in [-0.4, -0.2) is 10.5 Å². The maximum absolute atomic E-state index is 12.2. The third-order valence-electron chi connectivity index (χ3n) is 4.39. The molecule has 0 aliphatic carbocycles. The first-order chi connectivity index (χ1) is 13.6. The molecule has 2 heterocycles. The van der Waals surface area contributed by atoms with E-state index in [4.69, 9.17) is 8.83 Å². The largest absolute Gasteiger partial charge is 0.459 e. The monoisotopic (exact) mass is 440 g/mol. The van der Waals surface area contributed by atoms with E-state index in [-0.39, 0.29) is 25.4 Å². The molecule has 0 aliphatic heterocycles. The number of aromatic nitrogens is 1. The van der Waals surface area contributed by atoms with Gasteiger partial charge in [0.1, 0.15) is 11.5 Å². The second kappa shape index (κ2) is 7.90. The summed E-state index contributed by atoms with van der Waals surface area (Å²) in [5, 5.41) is 2.82. The van der Waals surface area contributed by atoms with E-state index in [1.807, 2.05) is 42.5 Å². The number of aryl methyl sites for hydroxylation is 1. The lowest BCUT2D eigenvalue weighted by atomic mass is 10.2. The van der Waals surface area contributed by atoms with Crippen molar-refractivity contribution < 1.29 is 13.6 Å². The molecule has 28 heavy (non-hydrogen) atoms. The summed E-state index contributed by atoms with van der Waals surface area (Å²) in [6.07, 6.45) is 0.170. The number of furan rings is 1. The van der Waals surface area contributed by atoms with Crippen LogP contribution in [0.5, 0.6) is 0 Å². The van der Waals surface area contributed by atoms with Crippen LogP contribution in [0.2, 0.25) is 0 Å². The van der Waals surface area contributed by atoms with Crippen LogP contribution in [-0.2, 0) is 17.9 Å². The van der Waals surface area contributed by atoms with Crippen LogP contribution >= 0.6 is 15.9 Å². The Morgan fingerprint density at radius 1 is 1.00 bits per heavy atom. The fourth-order valence-electron chi connectivity index (χ4n) is 2.96. The van der Waals surface area contributed by atoms with E-state index in [1.165, 1.54) is 4.57 Å². The number of hydrogen-bond acceptors (Lipinski definition) is 4. The van der Waals surface area contributed by atoms with Gasteiger partial charge in [0.05, 0.1) is 12.1 Å². The Morgan fingerprint density at radius 3 is 2.61 bits per heavy atom. The Bertz CT molecular complexity index is 1170. The molecule has 0 saturated carbocycles. The normalized spacial score (nSPS) is 11.0. The molecule has 0 radical (unpaired) electrons. The van der Waals surface area contributed by atoms with E-state index in [2.05, 4.69) is 21.2 Å². The van der Waals surface area contributed by atoms with Crippen LogP contribution in [0, 0.1) is 0 Å². The highest BCUT2D eigenvalue weighted by molar-refractivity contribution is 9.10. The summed E-state index contributed by atoms with van der Waals surface area (Å²) >= 11 is 3.41. The second-order valence-electron chi connectivity index (χ2n) is 6.29. The average Bonchev–Trinajstić information content (AvgIpc) is 3.29. The number of halogens is 1. The highest BCUT2D eigenvalue weighted by atomic mass is 79.9. The van der Waals surface area contributed by atoms with Gasteiger partial charge in [0, 0.05) is 23.0 Å². The molecule has 0 spiro atoms. The van der Waals surface area contributed by atoms with E-state index in [0.29, 0.717) is 16.9 Å². The van der Waals surface area contributed by atoms with Gasteiger partial charge in [0.25, 0.3) is 0 Å². The van der Waals surface area contributed by atoms with E-state index < -0.39 is 5.76 Å². The van der Waals surface area contributed by atoms with Crippen LogP contribution in [0.25, 0.3) is 22.4 Å². The molecule has 0 aliphatic rings. The number of amides is 1. The molecule has 0 saturated heterocycles. The van der Waals surface area contributed by atoms with Gasteiger partial charge in [-0.15, -0.1) is 0 Å². The molecular weight excluding hydrogens is 424 g/mol. The Morgan fingerprint density at radius 2 is 1.79 bits per heavy atom. The molecule has 2 aromatic carbocycles. The fraction of sp³-hybridized carbons (Fsp3) is 0.143. The third kappa shape index (κ3) is 3.94. The molecule has 7 heteroatoms. The number of carbonyl (C=O) groups is 1. The fourth-order valence-corrected chi connectivity index (χ4v) is 3.22. The first-order valence-corrected chi connectivity index (χ1v) is 9.59. The predicted molar refractivity (Wildman–Crippen MR) is 109 cm³/mol. The lowest BCUT2D eigenvalue weighted by molar-refractivity contribution is -0.121. The van der Waals surface area contributed by atoms with Crippen LogP contribution in [0.15, 0.2) is 78.8 Å². The van der Waals surface area contributed by atoms with E-state index >= 15 is 0 Å². The summed E-state index contributed by atoms with van der Waals surface area (Å²) in [4.78, 5) is 24.1. The van der Waals surface area contributed by atoms with E-state index in [1.54, 1.807) is 18.2 Å². The summed E-state index contributed by atoms with van der Waals surface area (Å²) in [5.74, 6) is 0.781. The molecule has 6 nitrogen and oxygen atoms in total. The summed E-state index contributed by atoms with van der Waals surface area (Å²) in [6, 6.07) is 18.7. The van der Waals surface area contributed by atoms with Crippen molar-refractivity contribution in [2.75, 3.05) is 0 Å². The summed E-state index contributed by atoms with van der Waals surface area (Å²) in [5.41, 5.74) is 2.17. The number of benzene rings is 2. The van der Waals surface area contributed by atoms with Crippen molar-refractivity contribution in [3.63, 3.8) is 0 Å². The number of para-hydroxylation sites is 2. The molecule has 1 N–H and O–H groups in total. The minimum atomic E-state index is -0.459. The average molecular weight is 441 g/mol. The molecule has 0 fully saturated rings. The van der Waals surface area contributed by atoms with Gasteiger partial charge in [-0.3, -0.25) is 9.36 Å². The molecule has 4 aromatic rings. The van der Waals surface area contributed by atoms with Crippen molar-refractivity contribution in [1.82, 2.24) is 9.88 Å². The number of rotatable bonds is 6. The summed E-state index contributed by atoms with van der Waals surface area (Å²) in [7, 11) is 0. The summed E-state index contributed by atoms with van der Waals surface area (Å²) < 4.78 is 13.4. The Hall–Kier alpha value is -3.06. The molecule has 0 bridgehead atoms. The quantitative estimate of drug-likeness (QED) is 0.484. The second-order valence-corrected chi connectivity index (χ2v) is 7.20. The third-order valence-corrected chi connectivity index (χ3v) is 4.92. The van der Waals surface area contributed by atoms with Crippen molar-refractivity contribution in [1.29, 1.82) is 0 Å². The summed E-state index contributed by atoms with van der Waals surface area (Å²) in [6.45, 7) is 0.542. The maximum atomic E-state index is 12.2. The van der Waals surface area contributed by atoms with Gasteiger partial charge in [-0.05, 0) is 36.4 Å². The first kappa shape index (κ1) is 18.3. The van der Waals surface area contributed by atoms with Crippen LogP contribution in [0.4, 0.5) is 0 Å². The molecule has 2 aromatic heterocycles. The highest BCUT2D eigenvalue weighted by Gasteiger charge is 2.11. The molecule has 0 unspecified atom stereocenters. The Kier molecular flexibility index (Phi) is 5.16. The molecule has 0 atom stereocenters. The van der Waals surface area contributed by atoms with Gasteiger partial charge in [0.2, 0.25) is 5.91 Å². The number of carbonyl (C=O) groups excluding carboxylic acids is 1. The zero-order chi connectivity index (χ0) is 19.5. The lowest BCUT2D eigenvalue weighted by Gasteiger charge is -2.04. The van der Waals surface area contributed by atoms with Crippen molar-refractivity contribution in [3.8, 4) is 11.3 Å². The topological polar surface area (TPSA) is 77.4 Å². The minimum absolute atomic E-state index is 0.168. The number of hydrogen-bond donors (Lipinski definition) is 1. The predicted octanol–water partition coefficient (Wildman–Crippen LogP) is 4.32. The maximum Gasteiger partial charge on any atom is 0.419 e. The lowest BCUT2D eigenvalue weighted by Crippen LogP contribution is -2.25. The highest BCUT2D eigenvalue weighted by Crippen LogP contribution is 2.24.